The Labute approximate surface area is 124 Å². The zero-order valence-corrected chi connectivity index (χ0v) is 12.4. The van der Waals surface area contributed by atoms with Crippen LogP contribution in [-0.2, 0) is 16.1 Å². The Morgan fingerprint density at radius 2 is 2.19 bits per heavy atom. The molecule has 2 N–H and O–H groups in total. The molecular weight excluding hydrogens is 271 g/mol. The van der Waals surface area contributed by atoms with Gasteiger partial charge in [-0.2, -0.15) is 0 Å². The first-order chi connectivity index (χ1) is 9.88. The normalized spacial score (nSPS) is 13.3. The molecule has 2 amide bonds. The zero-order valence-electron chi connectivity index (χ0n) is 12.4. The van der Waals surface area contributed by atoms with Gasteiger partial charge in [0.1, 0.15) is 0 Å². The molecule has 1 aliphatic rings. The molecule has 21 heavy (non-hydrogen) atoms. The van der Waals surface area contributed by atoms with Gasteiger partial charge in [0.25, 0.3) is 5.91 Å². The molecule has 7 heteroatoms. The second-order valence-corrected chi connectivity index (χ2v) is 5.46. The number of amides is 2. The van der Waals surface area contributed by atoms with Crippen LogP contribution in [-0.4, -0.2) is 48.5 Å². The summed E-state index contributed by atoms with van der Waals surface area (Å²) in [5, 5.41) is 12.4. The van der Waals surface area contributed by atoms with Gasteiger partial charge >= 0.3 is 7.12 Å². The lowest BCUT2D eigenvalue weighted by molar-refractivity contribution is -0.122. The number of rotatable bonds is 4. The fraction of sp³-hybridized carbons (Fsp3) is 0.429. The first-order valence-corrected chi connectivity index (χ1v) is 6.86. The quantitative estimate of drug-likeness (QED) is 0.733. The third-order valence-electron chi connectivity index (χ3n) is 3.23. The van der Waals surface area contributed by atoms with E-state index in [0.29, 0.717) is 17.6 Å². The van der Waals surface area contributed by atoms with Crippen molar-refractivity contribution in [2.75, 3.05) is 13.6 Å². The van der Waals surface area contributed by atoms with Crippen molar-refractivity contribution in [3.63, 3.8) is 0 Å². The Morgan fingerprint density at radius 3 is 2.86 bits per heavy atom. The Bertz CT molecular complexity index is 562. The summed E-state index contributed by atoms with van der Waals surface area (Å²) in [5.74, 6) is -0.471. The van der Waals surface area contributed by atoms with Gasteiger partial charge in [0.05, 0.1) is 13.2 Å². The van der Waals surface area contributed by atoms with Crippen LogP contribution in [0.25, 0.3) is 0 Å². The SMILES string of the molecule is CC(C)NC(=O)CN(C)C(=O)c1ccc2c(c1)B(O)OC2. The highest BCUT2D eigenvalue weighted by atomic mass is 16.5. The molecule has 0 radical (unpaired) electrons. The molecule has 112 valence electrons. The highest BCUT2D eigenvalue weighted by Gasteiger charge is 2.28. The summed E-state index contributed by atoms with van der Waals surface area (Å²) in [6.45, 7) is 4.06. The predicted molar refractivity (Wildman–Crippen MR) is 79.1 cm³/mol. The number of benzene rings is 1. The van der Waals surface area contributed by atoms with Crippen LogP contribution in [0.5, 0.6) is 0 Å². The Morgan fingerprint density at radius 1 is 1.48 bits per heavy atom. The highest BCUT2D eigenvalue weighted by Crippen LogP contribution is 2.12. The zero-order chi connectivity index (χ0) is 15.6. The van der Waals surface area contributed by atoms with Crippen molar-refractivity contribution in [3.8, 4) is 0 Å². The van der Waals surface area contributed by atoms with E-state index in [2.05, 4.69) is 5.32 Å². The van der Waals surface area contributed by atoms with Gasteiger partial charge in [0.15, 0.2) is 0 Å². The van der Waals surface area contributed by atoms with E-state index in [1.807, 2.05) is 13.8 Å². The van der Waals surface area contributed by atoms with Crippen molar-refractivity contribution in [3.05, 3.63) is 29.3 Å². The third kappa shape index (κ3) is 3.62. The summed E-state index contributed by atoms with van der Waals surface area (Å²) in [6.07, 6.45) is 0. The maximum absolute atomic E-state index is 12.3. The molecule has 2 rings (SSSR count). The van der Waals surface area contributed by atoms with E-state index in [1.54, 1.807) is 25.2 Å². The lowest BCUT2D eigenvalue weighted by atomic mass is 9.78. The van der Waals surface area contributed by atoms with E-state index < -0.39 is 7.12 Å². The van der Waals surface area contributed by atoms with E-state index in [-0.39, 0.29) is 24.4 Å². The summed E-state index contributed by atoms with van der Waals surface area (Å²) >= 11 is 0. The van der Waals surface area contributed by atoms with Crippen LogP contribution in [0, 0.1) is 0 Å². The van der Waals surface area contributed by atoms with Crippen molar-refractivity contribution < 1.29 is 19.3 Å². The number of carbonyl (C=O) groups is 2. The summed E-state index contributed by atoms with van der Waals surface area (Å²) in [4.78, 5) is 25.3. The fourth-order valence-electron chi connectivity index (χ4n) is 2.22. The van der Waals surface area contributed by atoms with Crippen LogP contribution in [0.3, 0.4) is 0 Å². The molecular formula is C14H19BN2O4. The topological polar surface area (TPSA) is 78.9 Å². The molecule has 1 aliphatic heterocycles. The van der Waals surface area contributed by atoms with E-state index in [0.717, 1.165) is 5.56 Å². The van der Waals surface area contributed by atoms with Crippen molar-refractivity contribution in [1.29, 1.82) is 0 Å². The van der Waals surface area contributed by atoms with Gasteiger partial charge in [-0.1, -0.05) is 6.07 Å². The number of nitrogens with zero attached hydrogens (tertiary/aromatic N) is 1. The van der Waals surface area contributed by atoms with Gasteiger partial charge in [-0.3, -0.25) is 9.59 Å². The summed E-state index contributed by atoms with van der Waals surface area (Å²) < 4.78 is 5.09. The number of fused-ring (bicyclic) bond motifs is 1. The number of nitrogens with one attached hydrogen (secondary N) is 1. The van der Waals surface area contributed by atoms with Gasteiger partial charge in [-0.15, -0.1) is 0 Å². The van der Waals surface area contributed by atoms with E-state index in [4.69, 9.17) is 4.65 Å². The molecule has 0 atom stereocenters. The molecule has 1 heterocycles. The van der Waals surface area contributed by atoms with Gasteiger partial charge in [-0.05, 0) is 37.0 Å². The van der Waals surface area contributed by atoms with Crippen LogP contribution in [0.4, 0.5) is 0 Å². The standard InChI is InChI=1S/C14H19BN2O4/c1-9(2)16-13(18)7-17(3)14(19)10-4-5-11-8-21-15(20)12(11)6-10/h4-6,9,20H,7-8H2,1-3H3,(H,16,18). The first kappa shape index (κ1) is 15.5. The van der Waals surface area contributed by atoms with E-state index >= 15 is 0 Å². The van der Waals surface area contributed by atoms with Crippen molar-refractivity contribution in [1.82, 2.24) is 10.2 Å². The van der Waals surface area contributed by atoms with E-state index in [1.165, 1.54) is 4.90 Å². The molecule has 0 aromatic heterocycles. The summed E-state index contributed by atoms with van der Waals surface area (Å²) in [6, 6.07) is 5.10. The van der Waals surface area contributed by atoms with Gasteiger partial charge in [0, 0.05) is 18.7 Å². The monoisotopic (exact) mass is 290 g/mol. The number of likely N-dealkylation sites (N-methyl/N-ethyl adjacent to an activating group) is 1. The van der Waals surface area contributed by atoms with Crippen molar-refractivity contribution >= 4 is 24.4 Å². The van der Waals surface area contributed by atoms with Crippen LogP contribution in [0.1, 0.15) is 29.8 Å². The van der Waals surface area contributed by atoms with Crippen LogP contribution >= 0.6 is 0 Å². The van der Waals surface area contributed by atoms with Gasteiger partial charge < -0.3 is 19.9 Å². The van der Waals surface area contributed by atoms with Gasteiger partial charge in [-0.25, -0.2) is 0 Å². The van der Waals surface area contributed by atoms with Crippen LogP contribution in [0.15, 0.2) is 18.2 Å². The first-order valence-electron chi connectivity index (χ1n) is 6.86. The average molecular weight is 290 g/mol. The van der Waals surface area contributed by atoms with E-state index in [9.17, 15) is 14.6 Å². The number of hydrogen-bond donors (Lipinski definition) is 2. The molecule has 0 saturated carbocycles. The second kappa shape index (κ2) is 6.28. The van der Waals surface area contributed by atoms with Crippen LogP contribution in [0.2, 0.25) is 0 Å². The average Bonchev–Trinajstić information content (AvgIpc) is 2.78. The van der Waals surface area contributed by atoms with Crippen molar-refractivity contribution in [2.24, 2.45) is 0 Å². The third-order valence-corrected chi connectivity index (χ3v) is 3.23. The fourth-order valence-corrected chi connectivity index (χ4v) is 2.22. The Balaban J connectivity index is 2.06. The molecule has 1 aromatic rings. The molecule has 0 saturated heterocycles. The minimum Gasteiger partial charge on any atom is -0.423 e. The second-order valence-electron chi connectivity index (χ2n) is 5.46. The van der Waals surface area contributed by atoms with Gasteiger partial charge in [0.2, 0.25) is 5.91 Å². The maximum Gasteiger partial charge on any atom is 0.491 e. The summed E-state index contributed by atoms with van der Waals surface area (Å²) in [7, 11) is 0.588. The largest absolute Gasteiger partial charge is 0.491 e. The molecule has 0 spiro atoms. The number of hydrogen-bond acceptors (Lipinski definition) is 4. The minimum absolute atomic E-state index is 0.00679. The Kier molecular flexibility index (Phi) is 4.64. The lowest BCUT2D eigenvalue weighted by Crippen LogP contribution is -2.41. The minimum atomic E-state index is -0.984. The molecule has 1 aromatic carbocycles. The predicted octanol–water partition coefficient (Wildman–Crippen LogP) is -0.499. The molecule has 0 fully saturated rings. The smallest absolute Gasteiger partial charge is 0.423 e. The summed E-state index contributed by atoms with van der Waals surface area (Å²) in [5.41, 5.74) is 1.92. The molecule has 0 aliphatic carbocycles. The number of carbonyl (C=O) groups excluding carboxylic acids is 2. The van der Waals surface area contributed by atoms with Crippen LogP contribution < -0.4 is 10.8 Å². The van der Waals surface area contributed by atoms with Crippen molar-refractivity contribution in [2.45, 2.75) is 26.5 Å². The molecule has 0 bridgehead atoms. The molecule has 0 unspecified atom stereocenters. The maximum atomic E-state index is 12.3. The Hall–Kier alpha value is -1.86. The molecule has 6 nitrogen and oxygen atoms in total. The highest BCUT2D eigenvalue weighted by molar-refractivity contribution is 6.61. The lowest BCUT2D eigenvalue weighted by Gasteiger charge is -2.18.